The van der Waals surface area contributed by atoms with Crippen molar-refractivity contribution in [3.05, 3.63) is 41.7 Å². The Morgan fingerprint density at radius 3 is 2.57 bits per heavy atom. The molecule has 0 amide bonds. The first-order valence-electron chi connectivity index (χ1n) is 6.71. The van der Waals surface area contributed by atoms with Gasteiger partial charge in [0.05, 0.1) is 19.5 Å². The molecule has 1 aromatic heterocycles. The topological polar surface area (TPSA) is 40.5 Å². The predicted octanol–water partition coefficient (Wildman–Crippen LogP) is 3.46. The number of ether oxygens (including phenoxy) is 2. The number of fused-ring (bicyclic) bond motifs is 1. The smallest absolute Gasteiger partial charge is 0.165 e. The number of benzene rings is 1. The number of ketones is 1. The van der Waals surface area contributed by atoms with Gasteiger partial charge in [-0.25, -0.2) is 0 Å². The molecule has 1 aliphatic rings. The van der Waals surface area contributed by atoms with Crippen molar-refractivity contribution < 1.29 is 14.3 Å². The van der Waals surface area contributed by atoms with Gasteiger partial charge in [-0.15, -0.1) is 11.8 Å². The first-order chi connectivity index (χ1) is 10.1. The van der Waals surface area contributed by atoms with E-state index < -0.39 is 0 Å². The van der Waals surface area contributed by atoms with Gasteiger partial charge in [0.15, 0.2) is 17.3 Å². The number of methoxy groups -OCH3 is 2. The zero-order chi connectivity index (χ0) is 15.0. The minimum Gasteiger partial charge on any atom is -0.493 e. The highest BCUT2D eigenvalue weighted by atomic mass is 32.2. The van der Waals surface area contributed by atoms with Crippen LogP contribution in [0.3, 0.4) is 0 Å². The fourth-order valence-corrected chi connectivity index (χ4v) is 4.00. The minimum absolute atomic E-state index is 0.142. The van der Waals surface area contributed by atoms with E-state index in [0.29, 0.717) is 17.9 Å². The number of nitrogens with zero attached hydrogens (tertiary/aromatic N) is 1. The molecule has 3 rings (SSSR count). The number of thioether (sulfide) groups is 1. The summed E-state index contributed by atoms with van der Waals surface area (Å²) in [4.78, 5) is 13.4. The molecule has 0 fully saturated rings. The van der Waals surface area contributed by atoms with Gasteiger partial charge in [-0.2, -0.15) is 0 Å². The minimum atomic E-state index is 0.142. The SMILES string of the molecule is COc1cc2c(cc1OC)C(=O)CC(c1cccn1C)S2. The fourth-order valence-electron chi connectivity index (χ4n) is 2.62. The van der Waals surface area contributed by atoms with Crippen LogP contribution in [0.2, 0.25) is 0 Å². The molecule has 1 aliphatic heterocycles. The van der Waals surface area contributed by atoms with Gasteiger partial charge in [0.25, 0.3) is 0 Å². The van der Waals surface area contributed by atoms with Crippen LogP contribution in [-0.4, -0.2) is 24.6 Å². The molecule has 1 unspecified atom stereocenters. The number of aryl methyl sites for hydroxylation is 1. The average Bonchev–Trinajstić information content (AvgIpc) is 2.92. The van der Waals surface area contributed by atoms with Crippen LogP contribution in [0.5, 0.6) is 11.5 Å². The third-order valence-corrected chi connectivity index (χ3v) is 5.02. The van der Waals surface area contributed by atoms with Gasteiger partial charge in [-0.05, 0) is 24.3 Å². The molecule has 0 saturated heterocycles. The maximum atomic E-state index is 12.5. The summed E-state index contributed by atoms with van der Waals surface area (Å²) >= 11 is 1.70. The van der Waals surface area contributed by atoms with Crippen LogP contribution >= 0.6 is 11.8 Å². The molecule has 0 saturated carbocycles. The van der Waals surface area contributed by atoms with Crippen molar-refractivity contribution in [3.63, 3.8) is 0 Å². The standard InChI is InChI=1S/C16H17NO3S/c1-17-6-4-5-11(17)16-8-12(18)10-7-13(19-2)14(20-3)9-15(10)21-16/h4-7,9,16H,8H2,1-3H3. The third-order valence-electron chi connectivity index (χ3n) is 3.74. The van der Waals surface area contributed by atoms with Gasteiger partial charge in [0, 0.05) is 35.8 Å². The van der Waals surface area contributed by atoms with E-state index in [2.05, 4.69) is 10.6 Å². The molecule has 110 valence electrons. The van der Waals surface area contributed by atoms with E-state index in [4.69, 9.17) is 9.47 Å². The molecular formula is C16H17NO3S. The zero-order valence-electron chi connectivity index (χ0n) is 12.3. The average molecular weight is 303 g/mol. The van der Waals surface area contributed by atoms with Crippen molar-refractivity contribution in [2.24, 2.45) is 7.05 Å². The number of hydrogen-bond donors (Lipinski definition) is 0. The van der Waals surface area contributed by atoms with Crippen LogP contribution in [0.4, 0.5) is 0 Å². The first kappa shape index (κ1) is 14.1. The van der Waals surface area contributed by atoms with Gasteiger partial charge in [-0.3, -0.25) is 4.79 Å². The van der Waals surface area contributed by atoms with E-state index in [0.717, 1.165) is 16.2 Å². The Morgan fingerprint density at radius 1 is 1.24 bits per heavy atom. The van der Waals surface area contributed by atoms with Gasteiger partial charge < -0.3 is 14.0 Å². The largest absolute Gasteiger partial charge is 0.493 e. The van der Waals surface area contributed by atoms with E-state index in [9.17, 15) is 4.79 Å². The molecule has 0 radical (unpaired) electrons. The van der Waals surface area contributed by atoms with E-state index in [1.165, 1.54) is 0 Å². The third kappa shape index (κ3) is 2.42. The molecule has 4 nitrogen and oxygen atoms in total. The lowest BCUT2D eigenvalue weighted by Gasteiger charge is -2.24. The molecule has 1 aromatic carbocycles. The van der Waals surface area contributed by atoms with Crippen molar-refractivity contribution in [2.75, 3.05) is 14.2 Å². The van der Waals surface area contributed by atoms with Crippen LogP contribution < -0.4 is 9.47 Å². The van der Waals surface area contributed by atoms with Gasteiger partial charge in [0.1, 0.15) is 0 Å². The number of rotatable bonds is 3. The molecule has 2 aromatic rings. The zero-order valence-corrected chi connectivity index (χ0v) is 13.1. The summed E-state index contributed by atoms with van der Waals surface area (Å²) in [7, 11) is 5.19. The summed E-state index contributed by atoms with van der Waals surface area (Å²) in [6.45, 7) is 0. The van der Waals surface area contributed by atoms with Gasteiger partial charge in [-0.1, -0.05) is 0 Å². The van der Waals surface area contributed by atoms with Crippen molar-refractivity contribution in [1.82, 2.24) is 4.57 Å². The number of hydrogen-bond acceptors (Lipinski definition) is 4. The fraction of sp³-hybridized carbons (Fsp3) is 0.312. The van der Waals surface area contributed by atoms with Crippen molar-refractivity contribution >= 4 is 17.5 Å². The lowest BCUT2D eigenvalue weighted by molar-refractivity contribution is 0.0975. The Kier molecular flexibility index (Phi) is 3.68. The first-order valence-corrected chi connectivity index (χ1v) is 7.59. The Morgan fingerprint density at radius 2 is 1.95 bits per heavy atom. The highest BCUT2D eigenvalue weighted by Gasteiger charge is 2.29. The van der Waals surface area contributed by atoms with Gasteiger partial charge >= 0.3 is 0 Å². The highest BCUT2D eigenvalue weighted by Crippen LogP contribution is 2.47. The Labute approximate surface area is 128 Å². The summed E-state index contributed by atoms with van der Waals surface area (Å²) < 4.78 is 12.7. The van der Waals surface area contributed by atoms with Gasteiger partial charge in [0.2, 0.25) is 0 Å². The van der Waals surface area contributed by atoms with Crippen molar-refractivity contribution in [3.8, 4) is 11.5 Å². The van der Waals surface area contributed by atoms with Crippen LogP contribution in [-0.2, 0) is 7.05 Å². The molecule has 5 heteroatoms. The van der Waals surface area contributed by atoms with Crippen molar-refractivity contribution in [1.29, 1.82) is 0 Å². The summed E-state index contributed by atoms with van der Waals surface area (Å²) in [6, 6.07) is 7.75. The van der Waals surface area contributed by atoms with Crippen LogP contribution in [0.15, 0.2) is 35.4 Å². The Bertz CT molecular complexity index is 693. The lowest BCUT2D eigenvalue weighted by Crippen LogP contribution is -2.14. The quantitative estimate of drug-likeness (QED) is 0.870. The number of carbonyl (C=O) groups is 1. The van der Waals surface area contributed by atoms with E-state index in [1.54, 1.807) is 32.0 Å². The maximum absolute atomic E-state index is 12.5. The molecule has 0 bridgehead atoms. The lowest BCUT2D eigenvalue weighted by atomic mass is 10.0. The molecule has 0 spiro atoms. The normalized spacial score (nSPS) is 17.5. The molecule has 2 heterocycles. The van der Waals surface area contributed by atoms with E-state index >= 15 is 0 Å². The molecule has 21 heavy (non-hydrogen) atoms. The monoisotopic (exact) mass is 303 g/mol. The van der Waals surface area contributed by atoms with E-state index in [1.807, 2.05) is 25.4 Å². The highest BCUT2D eigenvalue weighted by molar-refractivity contribution is 7.99. The molecule has 0 N–H and O–H groups in total. The molecule has 1 atom stereocenters. The van der Waals surface area contributed by atoms with Crippen LogP contribution in [0.1, 0.15) is 27.7 Å². The summed E-state index contributed by atoms with van der Waals surface area (Å²) in [5.74, 6) is 1.41. The number of carbonyl (C=O) groups excluding carboxylic acids is 1. The summed E-state index contributed by atoms with van der Waals surface area (Å²) in [5, 5.41) is 0.142. The molecular weight excluding hydrogens is 286 g/mol. The van der Waals surface area contributed by atoms with Crippen molar-refractivity contribution in [2.45, 2.75) is 16.6 Å². The van der Waals surface area contributed by atoms with Crippen LogP contribution in [0, 0.1) is 0 Å². The second-order valence-corrected chi connectivity index (χ2v) is 6.23. The second-order valence-electron chi connectivity index (χ2n) is 4.98. The summed E-state index contributed by atoms with van der Waals surface area (Å²) in [5.41, 5.74) is 1.89. The second kappa shape index (κ2) is 5.48. The Balaban J connectivity index is 2.02. The number of aromatic nitrogens is 1. The maximum Gasteiger partial charge on any atom is 0.165 e. The Hall–Kier alpha value is -1.88. The van der Waals surface area contributed by atoms with Crippen LogP contribution in [0.25, 0.3) is 0 Å². The summed E-state index contributed by atoms with van der Waals surface area (Å²) in [6.07, 6.45) is 2.51. The van der Waals surface area contributed by atoms with E-state index in [-0.39, 0.29) is 11.0 Å². The molecule has 0 aliphatic carbocycles. The number of Topliss-reactive ketones (excluding diaryl/α,β-unsaturated/α-hetero) is 1. The predicted molar refractivity (Wildman–Crippen MR) is 82.5 cm³/mol.